The minimum absolute atomic E-state index is 0.00465. The summed E-state index contributed by atoms with van der Waals surface area (Å²) < 4.78 is 45.2. The Morgan fingerprint density at radius 3 is 2.02 bits per heavy atom. The normalized spacial score (nSPS) is 17.5. The number of aryl methyl sites for hydroxylation is 1. The predicted molar refractivity (Wildman–Crippen MR) is 341 cm³/mol. The number of amides is 6. The van der Waals surface area contributed by atoms with Crippen molar-refractivity contribution in [2.75, 3.05) is 144 Å². The number of aliphatic carboxylic acids is 1. The van der Waals surface area contributed by atoms with Crippen LogP contribution < -0.4 is 26.0 Å². The van der Waals surface area contributed by atoms with Crippen molar-refractivity contribution in [1.29, 1.82) is 0 Å². The standard InChI is InChI=1S/C63H87F2IN12O13/c1-2-50-39-63(64,65)43-78(50)59(84)40-70-61(87)52-20-23-67-54-19-18-51(38-53(52)54)91-37-7-6-24-72-33-35-77(36-34-72)58(83)13-4-3-5-21-69-62(88)55(11-9-22-68-56(81)12-8-10-48-14-16-49(66)17-15-48)71-57(82)41-73-25-26-74(42-60(85)86)28-30-76(45-90-47-80)32-31-75(29-27-73)44-89-46-79/h1,14-20,23,38,46-47,50,55H,3-13,21-22,24-37,39-45H2,(H,68,81)(H,69,88)(H,70,87)(H,71,82)(H,85,86)/t50-,55-/m0/s1. The number of benzene rings is 2. The second-order valence-electron chi connectivity index (χ2n) is 22.9. The van der Waals surface area contributed by atoms with Crippen LogP contribution in [0.3, 0.4) is 0 Å². The van der Waals surface area contributed by atoms with Crippen molar-refractivity contribution in [3.05, 3.63) is 69.4 Å². The zero-order valence-electron chi connectivity index (χ0n) is 51.7. The van der Waals surface area contributed by atoms with Crippen LogP contribution >= 0.6 is 22.6 Å². The highest BCUT2D eigenvalue weighted by molar-refractivity contribution is 14.1. The molecular formula is C63H87F2IN12O13. The summed E-state index contributed by atoms with van der Waals surface area (Å²) in [5.41, 5.74) is 1.93. The van der Waals surface area contributed by atoms with Gasteiger partial charge in [-0.1, -0.05) is 24.5 Å². The number of hydrogen-bond acceptors (Lipinski definition) is 18. The first-order valence-corrected chi connectivity index (χ1v) is 32.2. The third-order valence-corrected chi connectivity index (χ3v) is 16.8. The first-order valence-electron chi connectivity index (χ1n) is 31.2. The summed E-state index contributed by atoms with van der Waals surface area (Å²) >= 11 is 2.25. The average Bonchev–Trinajstić information content (AvgIpc) is 2.32. The van der Waals surface area contributed by atoms with Crippen molar-refractivity contribution in [3.8, 4) is 18.1 Å². The van der Waals surface area contributed by atoms with Crippen molar-refractivity contribution >= 4 is 87.9 Å². The summed E-state index contributed by atoms with van der Waals surface area (Å²) in [6.45, 7) is 6.35. The molecule has 6 amide bonds. The molecule has 0 spiro atoms. The molecule has 28 heteroatoms. The maximum atomic E-state index is 14.0. The van der Waals surface area contributed by atoms with Gasteiger partial charge in [0.05, 0.1) is 49.9 Å². The van der Waals surface area contributed by atoms with E-state index in [4.69, 9.17) is 20.6 Å². The minimum Gasteiger partial charge on any atom is -0.494 e. The van der Waals surface area contributed by atoms with Gasteiger partial charge in [-0.05, 0) is 122 Å². The average molecular weight is 1390 g/mol. The van der Waals surface area contributed by atoms with Crippen LogP contribution in [0.1, 0.15) is 86.6 Å². The lowest BCUT2D eigenvalue weighted by Crippen LogP contribution is -2.52. The number of terminal acetylenes is 1. The molecule has 6 rings (SSSR count). The maximum Gasteiger partial charge on any atom is 0.317 e. The Labute approximate surface area is 544 Å². The van der Waals surface area contributed by atoms with Crippen LogP contribution in [-0.2, 0) is 54.3 Å². The number of likely N-dealkylation sites (tertiary alicyclic amines) is 1. The molecule has 2 atom stereocenters. The summed E-state index contributed by atoms with van der Waals surface area (Å²) in [5.74, 6) is -3.46. The molecule has 3 aromatic rings. The SMILES string of the molecule is C#C[C@H]1CC(F)(F)CN1C(=O)CNC(=O)c1ccnc2ccc(OCCCCN3CCN(C(=O)CCCCCNC(=O)[C@H](CCCNC(=O)CCCc4ccc(I)cc4)NC(=O)CN4CCN(COC=O)CCN(COC=O)CCN(CC(=O)O)CC4)CC3)cc12. The number of rotatable bonds is 35. The quantitative estimate of drug-likeness (QED) is 0.0245. The van der Waals surface area contributed by atoms with Gasteiger partial charge in [-0.25, -0.2) is 8.78 Å². The lowest BCUT2D eigenvalue weighted by Gasteiger charge is -2.34. The molecule has 4 heterocycles. The van der Waals surface area contributed by atoms with E-state index in [2.05, 4.69) is 59.7 Å². The van der Waals surface area contributed by atoms with E-state index < -0.39 is 61.2 Å². The third-order valence-electron chi connectivity index (χ3n) is 16.1. The van der Waals surface area contributed by atoms with E-state index >= 15 is 0 Å². The van der Waals surface area contributed by atoms with Crippen molar-refractivity contribution in [1.82, 2.24) is 60.6 Å². The Morgan fingerprint density at radius 2 is 1.36 bits per heavy atom. The highest BCUT2D eigenvalue weighted by Gasteiger charge is 2.46. The first kappa shape index (κ1) is 72.9. The van der Waals surface area contributed by atoms with Gasteiger partial charge < -0.3 is 50.4 Å². The number of nitrogens with one attached hydrogen (secondary N) is 4. The Bertz CT molecular complexity index is 2900. The number of carboxylic acid groups (broad SMARTS) is 1. The van der Waals surface area contributed by atoms with Crippen molar-refractivity contribution < 1.29 is 71.2 Å². The molecule has 1 aromatic heterocycles. The Morgan fingerprint density at radius 1 is 0.714 bits per heavy atom. The molecule has 3 aliphatic rings. The number of piperazine rings is 1. The number of carbonyl (C=O) groups excluding carboxylic acids is 8. The summed E-state index contributed by atoms with van der Waals surface area (Å²) in [5, 5.41) is 21.6. The summed E-state index contributed by atoms with van der Waals surface area (Å²) in [6.07, 6.45) is 12.5. The molecule has 0 radical (unpaired) electrons. The van der Waals surface area contributed by atoms with Gasteiger partial charge in [0, 0.05) is 126 Å². The van der Waals surface area contributed by atoms with Crippen LogP contribution in [-0.4, -0.2) is 261 Å². The monoisotopic (exact) mass is 1380 g/mol. The van der Waals surface area contributed by atoms with Crippen LogP contribution in [0.2, 0.25) is 0 Å². The molecule has 3 aliphatic heterocycles. The van der Waals surface area contributed by atoms with E-state index in [-0.39, 0.29) is 62.8 Å². The fraction of sp³-hybridized carbons (Fsp3) is 0.587. The lowest BCUT2D eigenvalue weighted by molar-refractivity contribution is -0.139. The largest absolute Gasteiger partial charge is 0.494 e. The number of alkyl halides is 2. The zero-order valence-corrected chi connectivity index (χ0v) is 53.8. The van der Waals surface area contributed by atoms with Crippen molar-refractivity contribution in [2.24, 2.45) is 0 Å². The molecule has 91 heavy (non-hydrogen) atoms. The molecule has 3 saturated heterocycles. The number of hydrogen-bond donors (Lipinski definition) is 5. The van der Waals surface area contributed by atoms with E-state index in [1.54, 1.807) is 23.1 Å². The van der Waals surface area contributed by atoms with Gasteiger partial charge in [0.1, 0.15) is 25.3 Å². The highest BCUT2D eigenvalue weighted by atomic mass is 127. The number of pyridine rings is 1. The Hall–Kier alpha value is -7.17. The molecule has 5 N–H and O–H groups in total. The molecule has 25 nitrogen and oxygen atoms in total. The van der Waals surface area contributed by atoms with E-state index in [1.165, 1.54) is 12.3 Å². The third kappa shape index (κ3) is 26.5. The Balaban J connectivity index is 0.907. The van der Waals surface area contributed by atoms with Gasteiger partial charge in [-0.15, -0.1) is 6.42 Å². The summed E-state index contributed by atoms with van der Waals surface area (Å²) in [7, 11) is 0. The Kier molecular flexibility index (Phi) is 31.5. The number of halogens is 3. The smallest absolute Gasteiger partial charge is 0.317 e. The molecule has 2 aromatic carbocycles. The fourth-order valence-corrected chi connectivity index (χ4v) is 11.3. The number of nitrogens with zero attached hydrogens (tertiary/aromatic N) is 8. The van der Waals surface area contributed by atoms with Gasteiger partial charge in [0.15, 0.2) is 0 Å². The van der Waals surface area contributed by atoms with Gasteiger partial charge >= 0.3 is 5.97 Å². The van der Waals surface area contributed by atoms with Gasteiger partial charge in [-0.2, -0.15) is 0 Å². The van der Waals surface area contributed by atoms with E-state index in [0.717, 1.165) is 52.9 Å². The molecule has 0 bridgehead atoms. The second-order valence-corrected chi connectivity index (χ2v) is 24.2. The van der Waals surface area contributed by atoms with Crippen LogP contribution in [0.5, 0.6) is 5.75 Å². The fourth-order valence-electron chi connectivity index (χ4n) is 11.0. The molecule has 0 aliphatic carbocycles. The van der Waals surface area contributed by atoms with Crippen LogP contribution in [0.15, 0.2) is 54.7 Å². The second kappa shape index (κ2) is 39.3. The van der Waals surface area contributed by atoms with E-state index in [1.807, 2.05) is 43.9 Å². The highest BCUT2D eigenvalue weighted by Crippen LogP contribution is 2.32. The number of unbranched alkanes of at least 4 members (excludes halogenated alkanes) is 3. The molecular weight excluding hydrogens is 1300 g/mol. The summed E-state index contributed by atoms with van der Waals surface area (Å²) in [6, 6.07) is 12.9. The van der Waals surface area contributed by atoms with E-state index in [0.29, 0.717) is 153 Å². The maximum absolute atomic E-state index is 14.0. The summed E-state index contributed by atoms with van der Waals surface area (Å²) in [4.78, 5) is 131. The number of carboxylic acids is 1. The number of fused-ring (bicyclic) bond motifs is 1. The van der Waals surface area contributed by atoms with Crippen LogP contribution in [0.4, 0.5) is 8.78 Å². The zero-order chi connectivity index (χ0) is 65.4. The van der Waals surface area contributed by atoms with E-state index in [9.17, 15) is 57.0 Å². The molecule has 0 saturated carbocycles. The lowest BCUT2D eigenvalue weighted by atomic mass is 10.1. The molecule has 3 fully saturated rings. The van der Waals surface area contributed by atoms with Gasteiger partial charge in [0.2, 0.25) is 29.5 Å². The minimum atomic E-state index is -3.09. The first-order chi connectivity index (χ1) is 43.9. The number of ether oxygens (including phenoxy) is 3. The molecule has 498 valence electrons. The van der Waals surface area contributed by atoms with Crippen LogP contribution in [0, 0.1) is 15.9 Å². The number of aromatic nitrogens is 1. The van der Waals surface area contributed by atoms with Gasteiger partial charge in [-0.3, -0.25) is 72.6 Å². The predicted octanol–water partition coefficient (Wildman–Crippen LogP) is 2.39. The van der Waals surface area contributed by atoms with Crippen LogP contribution in [0.25, 0.3) is 10.9 Å². The van der Waals surface area contributed by atoms with Gasteiger partial charge in [0.25, 0.3) is 24.8 Å². The molecule has 0 unspecified atom stereocenters. The van der Waals surface area contributed by atoms with Crippen molar-refractivity contribution in [2.45, 2.75) is 95.1 Å². The van der Waals surface area contributed by atoms with Crippen molar-refractivity contribution in [3.63, 3.8) is 0 Å². The topological polar surface area (TPSA) is 285 Å². The number of carbonyl (C=O) groups is 9.